The van der Waals surface area contributed by atoms with E-state index in [1.807, 2.05) is 6.92 Å². The maximum absolute atomic E-state index is 11.3. The van der Waals surface area contributed by atoms with Crippen LogP contribution < -0.4 is 5.32 Å². The van der Waals surface area contributed by atoms with Gasteiger partial charge in [-0.2, -0.15) is 0 Å². The number of aliphatic hydroxyl groups excluding tert-OH is 1. The topological polar surface area (TPSA) is 49.3 Å². The molecular formula is C14H21NO2. The number of aryl methyl sites for hydroxylation is 1. The van der Waals surface area contributed by atoms with Crippen molar-refractivity contribution in [1.29, 1.82) is 0 Å². The lowest BCUT2D eigenvalue weighted by molar-refractivity contribution is -0.128. The highest BCUT2D eigenvalue weighted by Gasteiger charge is 2.22. The number of nitrogens with one attached hydrogen (secondary N) is 1. The molecule has 0 aromatic heterocycles. The lowest BCUT2D eigenvalue weighted by Crippen LogP contribution is -2.40. The Kier molecular flexibility index (Phi) is 4.29. The quantitative estimate of drug-likeness (QED) is 0.835. The summed E-state index contributed by atoms with van der Waals surface area (Å²) in [5.41, 5.74) is 2.25. The number of hydrogen-bond acceptors (Lipinski definition) is 2. The van der Waals surface area contributed by atoms with Crippen LogP contribution in [0, 0.1) is 6.92 Å². The van der Waals surface area contributed by atoms with Crippen molar-refractivity contribution in [3.05, 3.63) is 35.4 Å². The molecule has 0 saturated heterocycles. The molecule has 1 aromatic carbocycles. The molecule has 0 aliphatic carbocycles. The molecule has 1 amide bonds. The van der Waals surface area contributed by atoms with Crippen molar-refractivity contribution in [3.8, 4) is 0 Å². The van der Waals surface area contributed by atoms with Gasteiger partial charge in [0.25, 0.3) is 0 Å². The van der Waals surface area contributed by atoms with Gasteiger partial charge in [-0.25, -0.2) is 0 Å². The van der Waals surface area contributed by atoms with Crippen LogP contribution in [0.4, 0.5) is 0 Å². The molecule has 1 atom stereocenters. The third-order valence-corrected chi connectivity index (χ3v) is 2.92. The molecular weight excluding hydrogens is 214 g/mol. The number of amides is 1. The van der Waals surface area contributed by atoms with Crippen molar-refractivity contribution >= 4 is 5.91 Å². The van der Waals surface area contributed by atoms with E-state index in [4.69, 9.17) is 5.11 Å². The lowest BCUT2D eigenvalue weighted by Gasteiger charge is -2.26. The minimum atomic E-state index is -0.955. The van der Waals surface area contributed by atoms with Gasteiger partial charge in [0.15, 0.2) is 0 Å². The number of carbonyl (C=O) groups excluding carboxylic acids is 1. The standard InChI is InChI=1S/C14H21NO2/c1-10-5-7-12(8-6-10)14(3,4)9-15-13(17)11(2)16/h5-8,11,16H,9H2,1-4H3,(H,15,17). The summed E-state index contributed by atoms with van der Waals surface area (Å²) in [4.78, 5) is 11.3. The predicted octanol–water partition coefficient (Wildman–Crippen LogP) is 1.77. The van der Waals surface area contributed by atoms with Gasteiger partial charge in [-0.3, -0.25) is 4.79 Å². The first-order chi connectivity index (χ1) is 7.83. The highest BCUT2D eigenvalue weighted by atomic mass is 16.3. The first-order valence-electron chi connectivity index (χ1n) is 5.86. The Hall–Kier alpha value is -1.35. The summed E-state index contributed by atoms with van der Waals surface area (Å²) in [5.74, 6) is -0.329. The molecule has 3 nitrogen and oxygen atoms in total. The van der Waals surface area contributed by atoms with Crippen LogP contribution in [-0.2, 0) is 10.2 Å². The van der Waals surface area contributed by atoms with Crippen LogP contribution in [0.15, 0.2) is 24.3 Å². The molecule has 0 bridgehead atoms. The smallest absolute Gasteiger partial charge is 0.248 e. The molecule has 0 fully saturated rings. The zero-order chi connectivity index (χ0) is 13.1. The van der Waals surface area contributed by atoms with Crippen molar-refractivity contribution in [2.75, 3.05) is 6.54 Å². The third kappa shape index (κ3) is 3.86. The van der Waals surface area contributed by atoms with Crippen LogP contribution in [-0.4, -0.2) is 23.7 Å². The Morgan fingerprint density at radius 1 is 1.35 bits per heavy atom. The molecule has 0 aliphatic heterocycles. The van der Waals surface area contributed by atoms with Gasteiger partial charge in [0, 0.05) is 12.0 Å². The SMILES string of the molecule is Cc1ccc(C(C)(C)CNC(=O)C(C)O)cc1. The first kappa shape index (κ1) is 13.7. The van der Waals surface area contributed by atoms with Gasteiger partial charge in [-0.05, 0) is 19.4 Å². The number of benzene rings is 1. The molecule has 0 saturated carbocycles. The predicted molar refractivity (Wildman–Crippen MR) is 68.9 cm³/mol. The molecule has 0 spiro atoms. The summed E-state index contributed by atoms with van der Waals surface area (Å²) >= 11 is 0. The summed E-state index contributed by atoms with van der Waals surface area (Å²) in [6.07, 6.45) is -0.955. The van der Waals surface area contributed by atoms with E-state index < -0.39 is 6.10 Å². The van der Waals surface area contributed by atoms with Crippen LogP contribution >= 0.6 is 0 Å². The summed E-state index contributed by atoms with van der Waals surface area (Å²) in [6.45, 7) is 8.17. The zero-order valence-electron chi connectivity index (χ0n) is 10.9. The van der Waals surface area contributed by atoms with E-state index in [2.05, 4.69) is 43.4 Å². The summed E-state index contributed by atoms with van der Waals surface area (Å²) in [6, 6.07) is 8.27. The molecule has 0 radical (unpaired) electrons. The molecule has 2 N–H and O–H groups in total. The second-order valence-electron chi connectivity index (χ2n) is 5.14. The minimum Gasteiger partial charge on any atom is -0.384 e. The van der Waals surface area contributed by atoms with E-state index in [9.17, 15) is 4.79 Å². The average molecular weight is 235 g/mol. The molecule has 0 heterocycles. The van der Waals surface area contributed by atoms with Crippen LogP contribution in [0.5, 0.6) is 0 Å². The molecule has 1 aromatic rings. The van der Waals surface area contributed by atoms with E-state index in [0.717, 1.165) is 0 Å². The maximum atomic E-state index is 11.3. The number of hydrogen-bond donors (Lipinski definition) is 2. The molecule has 94 valence electrons. The van der Waals surface area contributed by atoms with Gasteiger partial charge in [0.05, 0.1) is 0 Å². The fourth-order valence-corrected chi connectivity index (χ4v) is 1.56. The van der Waals surface area contributed by atoms with E-state index in [1.165, 1.54) is 18.1 Å². The zero-order valence-corrected chi connectivity index (χ0v) is 10.9. The maximum Gasteiger partial charge on any atom is 0.248 e. The highest BCUT2D eigenvalue weighted by Crippen LogP contribution is 2.22. The molecule has 17 heavy (non-hydrogen) atoms. The summed E-state index contributed by atoms with van der Waals surface area (Å²) in [7, 11) is 0. The van der Waals surface area contributed by atoms with Crippen molar-refractivity contribution in [3.63, 3.8) is 0 Å². The normalized spacial score (nSPS) is 13.2. The van der Waals surface area contributed by atoms with Gasteiger partial charge in [0.1, 0.15) is 6.10 Å². The second-order valence-corrected chi connectivity index (χ2v) is 5.14. The van der Waals surface area contributed by atoms with Gasteiger partial charge >= 0.3 is 0 Å². The number of aliphatic hydroxyl groups is 1. The van der Waals surface area contributed by atoms with E-state index in [1.54, 1.807) is 0 Å². The Bertz CT molecular complexity index is 380. The molecule has 3 heteroatoms. The highest BCUT2D eigenvalue weighted by molar-refractivity contribution is 5.80. The molecule has 0 aliphatic rings. The first-order valence-corrected chi connectivity index (χ1v) is 5.86. The molecule has 1 rings (SSSR count). The Morgan fingerprint density at radius 2 is 1.88 bits per heavy atom. The van der Waals surface area contributed by atoms with Crippen LogP contribution in [0.25, 0.3) is 0 Å². The van der Waals surface area contributed by atoms with Crippen molar-refractivity contribution in [2.24, 2.45) is 0 Å². The van der Waals surface area contributed by atoms with E-state index in [-0.39, 0.29) is 11.3 Å². The van der Waals surface area contributed by atoms with Crippen molar-refractivity contribution in [2.45, 2.75) is 39.2 Å². The Balaban J connectivity index is 2.68. The van der Waals surface area contributed by atoms with E-state index >= 15 is 0 Å². The van der Waals surface area contributed by atoms with Gasteiger partial charge in [0.2, 0.25) is 5.91 Å². The van der Waals surface area contributed by atoms with Crippen molar-refractivity contribution < 1.29 is 9.90 Å². The average Bonchev–Trinajstić information content (AvgIpc) is 2.26. The lowest BCUT2D eigenvalue weighted by atomic mass is 9.84. The van der Waals surface area contributed by atoms with Gasteiger partial charge in [-0.1, -0.05) is 43.7 Å². The van der Waals surface area contributed by atoms with Crippen LogP contribution in [0.2, 0.25) is 0 Å². The fraction of sp³-hybridized carbons (Fsp3) is 0.500. The second kappa shape index (κ2) is 5.32. The molecule has 1 unspecified atom stereocenters. The monoisotopic (exact) mass is 235 g/mol. The number of rotatable bonds is 4. The van der Waals surface area contributed by atoms with Crippen LogP contribution in [0.3, 0.4) is 0 Å². The fourth-order valence-electron chi connectivity index (χ4n) is 1.56. The third-order valence-electron chi connectivity index (χ3n) is 2.92. The van der Waals surface area contributed by atoms with Gasteiger partial charge < -0.3 is 10.4 Å². The Labute approximate surface area is 103 Å². The largest absolute Gasteiger partial charge is 0.384 e. The van der Waals surface area contributed by atoms with E-state index in [0.29, 0.717) is 6.54 Å². The summed E-state index contributed by atoms with van der Waals surface area (Å²) < 4.78 is 0. The number of carbonyl (C=O) groups is 1. The summed E-state index contributed by atoms with van der Waals surface area (Å²) in [5, 5.41) is 11.9. The van der Waals surface area contributed by atoms with Crippen LogP contribution in [0.1, 0.15) is 31.9 Å². The van der Waals surface area contributed by atoms with Gasteiger partial charge in [-0.15, -0.1) is 0 Å². The Morgan fingerprint density at radius 3 is 2.35 bits per heavy atom. The minimum absolute atomic E-state index is 0.141. The van der Waals surface area contributed by atoms with Crippen molar-refractivity contribution in [1.82, 2.24) is 5.32 Å².